The third kappa shape index (κ3) is 3.58. The Labute approximate surface area is 114 Å². The maximum absolute atomic E-state index is 6.12. The molecular formula is C17H19NO. The van der Waals surface area contributed by atoms with Gasteiger partial charge < -0.3 is 10.1 Å². The van der Waals surface area contributed by atoms with Gasteiger partial charge in [-0.1, -0.05) is 48.5 Å². The molecule has 3 rings (SSSR count). The van der Waals surface area contributed by atoms with E-state index < -0.39 is 0 Å². The van der Waals surface area contributed by atoms with Crippen LogP contribution in [-0.4, -0.2) is 12.6 Å². The molecule has 1 saturated carbocycles. The van der Waals surface area contributed by atoms with Crippen LogP contribution in [-0.2, 0) is 0 Å². The van der Waals surface area contributed by atoms with Crippen LogP contribution in [0, 0.1) is 0 Å². The van der Waals surface area contributed by atoms with Gasteiger partial charge in [-0.2, -0.15) is 0 Å². The summed E-state index contributed by atoms with van der Waals surface area (Å²) in [6.07, 6.45) is 2.67. The molecule has 0 spiro atoms. The number of benzene rings is 2. The zero-order valence-corrected chi connectivity index (χ0v) is 11.0. The van der Waals surface area contributed by atoms with E-state index in [4.69, 9.17) is 4.74 Å². The molecule has 1 aliphatic carbocycles. The Morgan fingerprint density at radius 3 is 2.21 bits per heavy atom. The number of hydrogen-bond donors (Lipinski definition) is 1. The van der Waals surface area contributed by atoms with Crippen LogP contribution in [0.15, 0.2) is 60.7 Å². The molecule has 0 aromatic heterocycles. The summed E-state index contributed by atoms with van der Waals surface area (Å²) in [6, 6.07) is 21.2. The summed E-state index contributed by atoms with van der Waals surface area (Å²) in [6.45, 7) is 0.865. The van der Waals surface area contributed by atoms with E-state index in [-0.39, 0.29) is 6.10 Å². The Morgan fingerprint density at radius 1 is 0.947 bits per heavy atom. The van der Waals surface area contributed by atoms with Crippen molar-refractivity contribution in [2.24, 2.45) is 0 Å². The Bertz CT molecular complexity index is 493. The molecule has 2 nitrogen and oxygen atoms in total. The van der Waals surface area contributed by atoms with E-state index in [0.29, 0.717) is 6.04 Å². The van der Waals surface area contributed by atoms with Gasteiger partial charge in [-0.3, -0.25) is 0 Å². The van der Waals surface area contributed by atoms with Crippen molar-refractivity contribution in [3.8, 4) is 5.75 Å². The zero-order valence-electron chi connectivity index (χ0n) is 11.0. The quantitative estimate of drug-likeness (QED) is 0.850. The van der Waals surface area contributed by atoms with Crippen molar-refractivity contribution < 1.29 is 4.74 Å². The minimum Gasteiger partial charge on any atom is -0.484 e. The molecule has 1 fully saturated rings. The summed E-state index contributed by atoms with van der Waals surface area (Å²) >= 11 is 0. The van der Waals surface area contributed by atoms with E-state index in [1.54, 1.807) is 0 Å². The van der Waals surface area contributed by atoms with Crippen LogP contribution >= 0.6 is 0 Å². The number of hydrogen-bond acceptors (Lipinski definition) is 2. The molecule has 0 radical (unpaired) electrons. The SMILES string of the molecule is c1ccc(OC(CNC2CC2)c2ccccc2)cc1. The van der Waals surface area contributed by atoms with Gasteiger partial charge in [-0.15, -0.1) is 0 Å². The van der Waals surface area contributed by atoms with Gasteiger partial charge >= 0.3 is 0 Å². The van der Waals surface area contributed by atoms with Crippen molar-refractivity contribution in [2.75, 3.05) is 6.54 Å². The Hall–Kier alpha value is -1.80. The molecule has 98 valence electrons. The van der Waals surface area contributed by atoms with Crippen LogP contribution in [0.25, 0.3) is 0 Å². The normalized spacial score (nSPS) is 16.0. The third-order valence-corrected chi connectivity index (χ3v) is 3.36. The number of para-hydroxylation sites is 1. The molecule has 19 heavy (non-hydrogen) atoms. The topological polar surface area (TPSA) is 21.3 Å². The van der Waals surface area contributed by atoms with Crippen molar-refractivity contribution in [3.05, 3.63) is 66.2 Å². The molecule has 1 unspecified atom stereocenters. The van der Waals surface area contributed by atoms with E-state index in [2.05, 4.69) is 29.6 Å². The fourth-order valence-corrected chi connectivity index (χ4v) is 2.12. The Morgan fingerprint density at radius 2 is 1.58 bits per heavy atom. The molecule has 1 N–H and O–H groups in total. The maximum Gasteiger partial charge on any atom is 0.136 e. The molecule has 1 aliphatic rings. The first-order valence-electron chi connectivity index (χ1n) is 6.92. The molecule has 2 heteroatoms. The molecule has 0 heterocycles. The van der Waals surface area contributed by atoms with Gasteiger partial charge in [0.2, 0.25) is 0 Å². The van der Waals surface area contributed by atoms with Gasteiger partial charge in [0.25, 0.3) is 0 Å². The smallest absolute Gasteiger partial charge is 0.136 e. The van der Waals surface area contributed by atoms with E-state index in [1.807, 2.05) is 36.4 Å². The number of nitrogens with one attached hydrogen (secondary N) is 1. The molecule has 2 aromatic carbocycles. The second-order valence-electron chi connectivity index (χ2n) is 5.01. The van der Waals surface area contributed by atoms with Crippen LogP contribution in [0.4, 0.5) is 0 Å². The zero-order chi connectivity index (χ0) is 12.9. The summed E-state index contributed by atoms with van der Waals surface area (Å²) in [7, 11) is 0. The summed E-state index contributed by atoms with van der Waals surface area (Å²) in [5.74, 6) is 0.925. The first-order chi connectivity index (χ1) is 9.42. The largest absolute Gasteiger partial charge is 0.484 e. The highest BCUT2D eigenvalue weighted by Crippen LogP contribution is 2.24. The lowest BCUT2D eigenvalue weighted by atomic mass is 10.1. The van der Waals surface area contributed by atoms with Crippen molar-refractivity contribution in [1.82, 2.24) is 5.32 Å². The van der Waals surface area contributed by atoms with Gasteiger partial charge in [-0.25, -0.2) is 0 Å². The van der Waals surface area contributed by atoms with Crippen molar-refractivity contribution >= 4 is 0 Å². The van der Waals surface area contributed by atoms with Crippen molar-refractivity contribution in [3.63, 3.8) is 0 Å². The van der Waals surface area contributed by atoms with Crippen LogP contribution in [0.2, 0.25) is 0 Å². The molecule has 0 aliphatic heterocycles. The van der Waals surface area contributed by atoms with Gasteiger partial charge in [0, 0.05) is 12.6 Å². The fraction of sp³-hybridized carbons (Fsp3) is 0.294. The summed E-state index contributed by atoms with van der Waals surface area (Å²) in [5, 5.41) is 3.55. The second kappa shape index (κ2) is 5.89. The molecule has 1 atom stereocenters. The van der Waals surface area contributed by atoms with E-state index in [0.717, 1.165) is 12.3 Å². The highest BCUT2D eigenvalue weighted by molar-refractivity contribution is 5.24. The predicted octanol–water partition coefficient (Wildman–Crippen LogP) is 3.56. The highest BCUT2D eigenvalue weighted by atomic mass is 16.5. The van der Waals surface area contributed by atoms with E-state index in [1.165, 1.54) is 18.4 Å². The Balaban J connectivity index is 1.71. The van der Waals surface area contributed by atoms with E-state index in [9.17, 15) is 0 Å². The average Bonchev–Trinajstić information content (AvgIpc) is 3.30. The lowest BCUT2D eigenvalue weighted by Gasteiger charge is -2.20. The van der Waals surface area contributed by atoms with Crippen LogP contribution in [0.3, 0.4) is 0 Å². The monoisotopic (exact) mass is 253 g/mol. The summed E-state index contributed by atoms with van der Waals surface area (Å²) in [4.78, 5) is 0. The second-order valence-corrected chi connectivity index (χ2v) is 5.01. The first-order valence-corrected chi connectivity index (χ1v) is 6.92. The predicted molar refractivity (Wildman–Crippen MR) is 77.3 cm³/mol. The molecular weight excluding hydrogens is 234 g/mol. The highest BCUT2D eigenvalue weighted by Gasteiger charge is 2.23. The van der Waals surface area contributed by atoms with E-state index >= 15 is 0 Å². The standard InChI is InChI=1S/C17H19NO/c1-3-7-14(8-4-1)17(13-18-15-11-12-15)19-16-9-5-2-6-10-16/h1-10,15,17-18H,11-13H2. The molecule has 0 bridgehead atoms. The van der Waals surface area contributed by atoms with Crippen LogP contribution in [0.5, 0.6) is 5.75 Å². The maximum atomic E-state index is 6.12. The molecule has 2 aromatic rings. The lowest BCUT2D eigenvalue weighted by Crippen LogP contribution is -2.26. The summed E-state index contributed by atoms with van der Waals surface area (Å²) < 4.78 is 6.12. The molecule has 0 amide bonds. The average molecular weight is 253 g/mol. The lowest BCUT2D eigenvalue weighted by molar-refractivity contribution is 0.201. The number of ether oxygens (including phenoxy) is 1. The van der Waals surface area contributed by atoms with Gasteiger partial charge in [-0.05, 0) is 30.5 Å². The fourth-order valence-electron chi connectivity index (χ4n) is 2.12. The van der Waals surface area contributed by atoms with Gasteiger partial charge in [0.15, 0.2) is 0 Å². The van der Waals surface area contributed by atoms with Crippen LogP contribution < -0.4 is 10.1 Å². The third-order valence-electron chi connectivity index (χ3n) is 3.36. The van der Waals surface area contributed by atoms with Crippen molar-refractivity contribution in [1.29, 1.82) is 0 Å². The van der Waals surface area contributed by atoms with Gasteiger partial charge in [0.1, 0.15) is 11.9 Å². The minimum absolute atomic E-state index is 0.0733. The first kappa shape index (κ1) is 12.2. The number of rotatable bonds is 6. The molecule has 0 saturated heterocycles. The van der Waals surface area contributed by atoms with Gasteiger partial charge in [0.05, 0.1) is 0 Å². The van der Waals surface area contributed by atoms with Crippen molar-refractivity contribution in [2.45, 2.75) is 25.0 Å². The minimum atomic E-state index is 0.0733. The summed E-state index contributed by atoms with van der Waals surface area (Å²) in [5.41, 5.74) is 1.22. The Kier molecular flexibility index (Phi) is 3.80. The van der Waals surface area contributed by atoms with Crippen LogP contribution in [0.1, 0.15) is 24.5 Å².